The van der Waals surface area contributed by atoms with Gasteiger partial charge < -0.3 is 15.6 Å². The van der Waals surface area contributed by atoms with Crippen molar-refractivity contribution >= 4 is 57.1 Å². The standard InChI is InChI=1S/C17H19ClN6OS/c1-10-8-9-20-17(15(10)19)22-14-7-4-11-13(23-26(25)24(2)3)6-5-12(18)16(11)21-14/h4-9,23H,19H2,1-3H3,(H,20,21,22). The highest BCUT2D eigenvalue weighted by Gasteiger charge is 2.15. The zero-order valence-electron chi connectivity index (χ0n) is 14.6. The number of pyridine rings is 2. The van der Waals surface area contributed by atoms with Gasteiger partial charge in [-0.15, -0.1) is 4.31 Å². The normalized spacial score (nSPS) is 12.4. The third-order valence-corrected chi connectivity index (χ3v) is 5.15. The second-order valence-corrected chi connectivity index (χ2v) is 7.71. The van der Waals surface area contributed by atoms with Gasteiger partial charge in [-0.2, -0.15) is 4.72 Å². The predicted octanol–water partition coefficient (Wildman–Crippen LogP) is 3.47. The van der Waals surface area contributed by atoms with E-state index in [1.807, 2.05) is 19.1 Å². The molecule has 26 heavy (non-hydrogen) atoms. The third kappa shape index (κ3) is 3.78. The van der Waals surface area contributed by atoms with E-state index in [0.29, 0.717) is 33.5 Å². The highest BCUT2D eigenvalue weighted by Crippen LogP contribution is 2.31. The highest BCUT2D eigenvalue weighted by molar-refractivity contribution is 7.90. The lowest BCUT2D eigenvalue weighted by atomic mass is 10.2. The van der Waals surface area contributed by atoms with Crippen LogP contribution in [-0.4, -0.2) is 32.9 Å². The van der Waals surface area contributed by atoms with Gasteiger partial charge >= 0.3 is 0 Å². The molecule has 2 aromatic heterocycles. The minimum Gasteiger partial charge on any atom is -0.573 e. The molecule has 0 amide bonds. The van der Waals surface area contributed by atoms with E-state index in [9.17, 15) is 4.55 Å². The molecule has 0 aliphatic carbocycles. The quantitative estimate of drug-likeness (QED) is 0.573. The van der Waals surface area contributed by atoms with Crippen LogP contribution in [0.3, 0.4) is 0 Å². The van der Waals surface area contributed by atoms with Crippen LogP contribution in [0.25, 0.3) is 10.9 Å². The number of fused-ring (bicyclic) bond motifs is 1. The minimum absolute atomic E-state index is 0.495. The molecule has 3 rings (SSSR count). The topological polar surface area (TPSA) is 102 Å². The van der Waals surface area contributed by atoms with Crippen molar-refractivity contribution in [3.63, 3.8) is 0 Å². The van der Waals surface area contributed by atoms with Gasteiger partial charge in [-0.05, 0) is 42.8 Å². The van der Waals surface area contributed by atoms with Crippen LogP contribution in [0, 0.1) is 6.92 Å². The van der Waals surface area contributed by atoms with E-state index in [0.717, 1.165) is 10.9 Å². The SMILES string of the molecule is Cc1ccnc(Nc2ccc3c(N[S+]([O-])N(C)C)ccc(Cl)c3n2)c1N. The Labute approximate surface area is 160 Å². The number of anilines is 4. The summed E-state index contributed by atoms with van der Waals surface area (Å²) in [5.41, 5.74) is 8.82. The Balaban J connectivity index is 1.98. The minimum atomic E-state index is -1.36. The Bertz CT molecular complexity index is 952. The molecule has 0 spiro atoms. The van der Waals surface area contributed by atoms with Gasteiger partial charge in [0.05, 0.1) is 21.9 Å². The lowest BCUT2D eigenvalue weighted by Crippen LogP contribution is -2.29. The molecule has 0 bridgehead atoms. The predicted molar refractivity (Wildman–Crippen MR) is 109 cm³/mol. The van der Waals surface area contributed by atoms with Crippen molar-refractivity contribution < 1.29 is 4.55 Å². The molecule has 3 aromatic rings. The fraction of sp³-hybridized carbons (Fsp3) is 0.176. The second kappa shape index (κ2) is 7.55. The summed E-state index contributed by atoms with van der Waals surface area (Å²) in [6.07, 6.45) is 1.68. The van der Waals surface area contributed by atoms with Crippen molar-refractivity contribution in [1.82, 2.24) is 14.3 Å². The molecule has 7 nitrogen and oxygen atoms in total. The monoisotopic (exact) mass is 390 g/mol. The zero-order valence-corrected chi connectivity index (χ0v) is 16.1. The Hall–Kier alpha value is -2.26. The van der Waals surface area contributed by atoms with Crippen LogP contribution >= 0.6 is 11.6 Å². The number of hydrogen-bond donors (Lipinski definition) is 3. The number of rotatable bonds is 5. The van der Waals surface area contributed by atoms with Gasteiger partial charge in [0, 0.05) is 25.7 Å². The largest absolute Gasteiger partial charge is 0.573 e. The number of benzene rings is 1. The van der Waals surface area contributed by atoms with Crippen LogP contribution < -0.4 is 15.8 Å². The van der Waals surface area contributed by atoms with Gasteiger partial charge in [0.15, 0.2) is 17.4 Å². The summed E-state index contributed by atoms with van der Waals surface area (Å²) in [6, 6.07) is 8.99. The summed E-state index contributed by atoms with van der Waals surface area (Å²) in [5.74, 6) is 1.10. The first-order valence-electron chi connectivity index (χ1n) is 7.80. The molecule has 0 radical (unpaired) electrons. The van der Waals surface area contributed by atoms with E-state index in [1.165, 1.54) is 0 Å². The maximum Gasteiger partial charge on any atom is 0.165 e. The third-order valence-electron chi connectivity index (χ3n) is 3.79. The van der Waals surface area contributed by atoms with E-state index in [1.54, 1.807) is 42.8 Å². The summed E-state index contributed by atoms with van der Waals surface area (Å²) in [7, 11) is 3.45. The molecule has 0 saturated heterocycles. The summed E-state index contributed by atoms with van der Waals surface area (Å²) < 4.78 is 16.6. The molecule has 1 aromatic carbocycles. The number of aryl methyl sites for hydroxylation is 1. The first kappa shape index (κ1) is 18.5. The Morgan fingerprint density at radius 2 is 1.96 bits per heavy atom. The van der Waals surface area contributed by atoms with E-state index in [2.05, 4.69) is 20.0 Å². The number of nitrogens with one attached hydrogen (secondary N) is 2. The van der Waals surface area contributed by atoms with Crippen LogP contribution in [0.1, 0.15) is 5.56 Å². The van der Waals surface area contributed by atoms with Crippen molar-refractivity contribution in [2.75, 3.05) is 29.9 Å². The smallest absolute Gasteiger partial charge is 0.165 e. The number of nitrogens with two attached hydrogens (primary N) is 1. The van der Waals surface area contributed by atoms with Gasteiger partial charge in [0.25, 0.3) is 0 Å². The van der Waals surface area contributed by atoms with Crippen molar-refractivity contribution in [3.05, 3.63) is 47.1 Å². The van der Waals surface area contributed by atoms with Gasteiger partial charge in [0.1, 0.15) is 5.82 Å². The summed E-state index contributed by atoms with van der Waals surface area (Å²) in [4.78, 5) is 8.81. The average Bonchev–Trinajstić information content (AvgIpc) is 2.61. The molecule has 1 unspecified atom stereocenters. The lowest BCUT2D eigenvalue weighted by molar-refractivity contribution is 0.526. The van der Waals surface area contributed by atoms with Crippen molar-refractivity contribution in [2.45, 2.75) is 6.92 Å². The Morgan fingerprint density at radius 1 is 1.19 bits per heavy atom. The number of aromatic nitrogens is 2. The molecular weight excluding hydrogens is 372 g/mol. The van der Waals surface area contributed by atoms with Crippen molar-refractivity contribution in [2.24, 2.45) is 0 Å². The molecule has 0 saturated carbocycles. The van der Waals surface area contributed by atoms with Crippen LogP contribution in [-0.2, 0) is 11.5 Å². The van der Waals surface area contributed by atoms with Gasteiger partial charge in [-0.25, -0.2) is 9.97 Å². The number of nitrogens with zero attached hydrogens (tertiary/aromatic N) is 3. The van der Waals surface area contributed by atoms with Gasteiger partial charge in [0.2, 0.25) is 0 Å². The van der Waals surface area contributed by atoms with Crippen LogP contribution in [0.4, 0.5) is 23.0 Å². The highest BCUT2D eigenvalue weighted by atomic mass is 35.5. The zero-order chi connectivity index (χ0) is 18.8. The first-order chi connectivity index (χ1) is 12.4. The van der Waals surface area contributed by atoms with Gasteiger partial charge in [-0.1, -0.05) is 11.6 Å². The molecule has 1 atom stereocenters. The molecule has 0 aliphatic heterocycles. The van der Waals surface area contributed by atoms with E-state index >= 15 is 0 Å². The molecular formula is C17H19ClN6OS. The molecule has 136 valence electrons. The lowest BCUT2D eigenvalue weighted by Gasteiger charge is -2.17. The van der Waals surface area contributed by atoms with Crippen LogP contribution in [0.15, 0.2) is 36.5 Å². The fourth-order valence-electron chi connectivity index (χ4n) is 2.32. The van der Waals surface area contributed by atoms with E-state index in [-0.39, 0.29) is 0 Å². The van der Waals surface area contributed by atoms with Crippen LogP contribution in [0.2, 0.25) is 5.02 Å². The van der Waals surface area contributed by atoms with E-state index in [4.69, 9.17) is 17.3 Å². The van der Waals surface area contributed by atoms with E-state index < -0.39 is 11.5 Å². The molecule has 0 fully saturated rings. The summed E-state index contributed by atoms with van der Waals surface area (Å²) >= 11 is 4.96. The van der Waals surface area contributed by atoms with Crippen molar-refractivity contribution in [3.8, 4) is 0 Å². The summed E-state index contributed by atoms with van der Waals surface area (Å²) in [5, 5.41) is 4.38. The Kier molecular flexibility index (Phi) is 5.38. The number of halogens is 1. The second-order valence-electron chi connectivity index (χ2n) is 5.87. The molecule has 4 N–H and O–H groups in total. The fourth-order valence-corrected chi connectivity index (χ4v) is 3.07. The maximum atomic E-state index is 12.1. The molecule has 0 aliphatic rings. The molecule has 2 heterocycles. The van der Waals surface area contributed by atoms with Crippen molar-refractivity contribution in [1.29, 1.82) is 0 Å². The van der Waals surface area contributed by atoms with Gasteiger partial charge in [-0.3, -0.25) is 0 Å². The average molecular weight is 391 g/mol. The molecule has 9 heteroatoms. The maximum absolute atomic E-state index is 12.1. The Morgan fingerprint density at radius 3 is 2.69 bits per heavy atom. The van der Waals surface area contributed by atoms with Crippen LogP contribution in [0.5, 0.6) is 0 Å². The summed E-state index contributed by atoms with van der Waals surface area (Å²) in [6.45, 7) is 1.91. The first-order valence-corrected chi connectivity index (χ1v) is 9.28. The number of nitrogen functional groups attached to an aromatic ring is 1. The number of hydrogen-bond acceptors (Lipinski definition) is 7.